The van der Waals surface area contributed by atoms with Crippen molar-refractivity contribution < 1.29 is 9.84 Å². The molecule has 2 aliphatic rings. The maximum atomic E-state index is 10.0. The first kappa shape index (κ1) is 11.4. The molecule has 2 saturated heterocycles. The van der Waals surface area contributed by atoms with Gasteiger partial charge in [-0.3, -0.25) is 4.90 Å². The molecule has 0 aromatic heterocycles. The van der Waals surface area contributed by atoms with Crippen molar-refractivity contribution in [1.29, 1.82) is 0 Å². The highest BCUT2D eigenvalue weighted by Gasteiger charge is 2.34. The number of hydrogen-bond donors (Lipinski definition) is 1. The molecule has 0 amide bonds. The second kappa shape index (κ2) is 5.28. The van der Waals surface area contributed by atoms with E-state index < -0.39 is 0 Å². The Kier molecular flexibility index (Phi) is 4.00. The Morgan fingerprint density at radius 3 is 2.93 bits per heavy atom. The number of likely N-dealkylation sites (tertiary alicyclic amines) is 1. The van der Waals surface area contributed by atoms with E-state index in [0.29, 0.717) is 6.04 Å². The van der Waals surface area contributed by atoms with Crippen LogP contribution in [0, 0.1) is 0 Å². The number of rotatable bonds is 2. The average molecular weight is 213 g/mol. The van der Waals surface area contributed by atoms with Crippen LogP contribution in [0.3, 0.4) is 0 Å². The molecule has 3 nitrogen and oxygen atoms in total. The molecular weight excluding hydrogens is 190 g/mol. The Balaban J connectivity index is 1.99. The van der Waals surface area contributed by atoms with Gasteiger partial charge in [0.2, 0.25) is 0 Å². The van der Waals surface area contributed by atoms with Gasteiger partial charge >= 0.3 is 0 Å². The topological polar surface area (TPSA) is 32.7 Å². The normalized spacial score (nSPS) is 39.2. The van der Waals surface area contributed by atoms with Gasteiger partial charge in [-0.1, -0.05) is 13.3 Å². The number of aliphatic hydroxyl groups excluding tert-OH is 1. The number of ether oxygens (including phenoxy) is 1. The minimum absolute atomic E-state index is 0.175. The summed E-state index contributed by atoms with van der Waals surface area (Å²) in [6, 6.07) is 0.920. The third kappa shape index (κ3) is 2.52. The van der Waals surface area contributed by atoms with Crippen LogP contribution in [0.4, 0.5) is 0 Å². The van der Waals surface area contributed by atoms with Crippen LogP contribution in [0.15, 0.2) is 0 Å². The predicted molar refractivity (Wildman–Crippen MR) is 59.9 cm³/mol. The first-order valence-electron chi connectivity index (χ1n) is 6.34. The lowest BCUT2D eigenvalue weighted by atomic mass is 9.94. The van der Waals surface area contributed by atoms with Crippen molar-refractivity contribution in [3.05, 3.63) is 0 Å². The molecule has 0 saturated carbocycles. The molecule has 88 valence electrons. The molecule has 2 heterocycles. The largest absolute Gasteiger partial charge is 0.391 e. The third-order valence-electron chi connectivity index (χ3n) is 3.86. The van der Waals surface area contributed by atoms with Gasteiger partial charge in [0.05, 0.1) is 18.8 Å². The van der Waals surface area contributed by atoms with Crippen molar-refractivity contribution in [2.75, 3.05) is 19.8 Å². The summed E-state index contributed by atoms with van der Waals surface area (Å²) in [5, 5.41) is 10.0. The molecule has 2 aliphatic heterocycles. The van der Waals surface area contributed by atoms with E-state index in [4.69, 9.17) is 4.74 Å². The van der Waals surface area contributed by atoms with E-state index in [0.717, 1.165) is 26.2 Å². The zero-order chi connectivity index (χ0) is 10.7. The molecular formula is C12H23NO2. The van der Waals surface area contributed by atoms with Gasteiger partial charge in [0.15, 0.2) is 0 Å². The van der Waals surface area contributed by atoms with Crippen LogP contribution in [0.1, 0.15) is 39.0 Å². The molecule has 3 unspecified atom stereocenters. The van der Waals surface area contributed by atoms with Gasteiger partial charge in [0.1, 0.15) is 0 Å². The molecule has 2 rings (SSSR count). The van der Waals surface area contributed by atoms with Crippen LogP contribution in [-0.2, 0) is 4.74 Å². The molecule has 0 aromatic rings. The molecule has 0 radical (unpaired) electrons. The number of aliphatic hydroxyl groups is 1. The van der Waals surface area contributed by atoms with Gasteiger partial charge in [0.25, 0.3) is 0 Å². The van der Waals surface area contributed by atoms with Gasteiger partial charge in [-0.15, -0.1) is 0 Å². The molecule has 15 heavy (non-hydrogen) atoms. The van der Waals surface area contributed by atoms with Gasteiger partial charge in [-0.2, -0.15) is 0 Å². The van der Waals surface area contributed by atoms with Crippen molar-refractivity contribution in [3.8, 4) is 0 Å². The Bertz CT molecular complexity index is 198. The fourth-order valence-corrected chi connectivity index (χ4v) is 2.93. The fraction of sp³-hybridized carbons (Fsp3) is 1.00. The van der Waals surface area contributed by atoms with Crippen LogP contribution in [0.2, 0.25) is 0 Å². The van der Waals surface area contributed by atoms with E-state index >= 15 is 0 Å². The van der Waals surface area contributed by atoms with Crippen LogP contribution >= 0.6 is 0 Å². The van der Waals surface area contributed by atoms with Crippen molar-refractivity contribution in [3.63, 3.8) is 0 Å². The summed E-state index contributed by atoms with van der Waals surface area (Å²) in [4.78, 5) is 2.49. The van der Waals surface area contributed by atoms with Crippen molar-refractivity contribution in [2.45, 2.75) is 57.2 Å². The highest BCUT2D eigenvalue weighted by atomic mass is 16.5. The first-order chi connectivity index (χ1) is 7.33. The zero-order valence-corrected chi connectivity index (χ0v) is 9.69. The molecule has 0 bridgehead atoms. The standard InChI is InChI=1S/C12H23NO2/c1-2-10-5-3-4-7-13(10)11-9-15-8-6-12(11)14/h10-12,14H,2-9H2,1H3. The average Bonchev–Trinajstić information content (AvgIpc) is 2.30. The summed E-state index contributed by atoms with van der Waals surface area (Å²) in [7, 11) is 0. The van der Waals surface area contributed by atoms with Crippen molar-refractivity contribution in [2.24, 2.45) is 0 Å². The lowest BCUT2D eigenvalue weighted by molar-refractivity contribution is -0.0808. The highest BCUT2D eigenvalue weighted by molar-refractivity contribution is 4.87. The zero-order valence-electron chi connectivity index (χ0n) is 9.69. The molecule has 1 N–H and O–H groups in total. The summed E-state index contributed by atoms with van der Waals surface area (Å²) in [6.45, 7) is 4.84. The third-order valence-corrected chi connectivity index (χ3v) is 3.86. The summed E-state index contributed by atoms with van der Waals surface area (Å²) in [5.41, 5.74) is 0. The first-order valence-corrected chi connectivity index (χ1v) is 6.34. The fourth-order valence-electron chi connectivity index (χ4n) is 2.93. The summed E-state index contributed by atoms with van der Waals surface area (Å²) < 4.78 is 5.50. The van der Waals surface area contributed by atoms with E-state index in [1.54, 1.807) is 0 Å². The molecule has 0 spiro atoms. The van der Waals surface area contributed by atoms with Crippen LogP contribution in [0.5, 0.6) is 0 Å². The van der Waals surface area contributed by atoms with E-state index in [-0.39, 0.29) is 12.1 Å². The Labute approximate surface area is 92.4 Å². The monoisotopic (exact) mass is 213 g/mol. The molecule has 3 atom stereocenters. The Hall–Kier alpha value is -0.120. The Morgan fingerprint density at radius 2 is 2.20 bits per heavy atom. The van der Waals surface area contributed by atoms with E-state index in [1.165, 1.54) is 25.7 Å². The number of nitrogens with zero attached hydrogens (tertiary/aromatic N) is 1. The van der Waals surface area contributed by atoms with E-state index in [9.17, 15) is 5.11 Å². The summed E-state index contributed by atoms with van der Waals surface area (Å²) >= 11 is 0. The van der Waals surface area contributed by atoms with Crippen molar-refractivity contribution >= 4 is 0 Å². The van der Waals surface area contributed by atoms with Gasteiger partial charge in [-0.25, -0.2) is 0 Å². The maximum absolute atomic E-state index is 10.0. The summed E-state index contributed by atoms with van der Waals surface area (Å²) in [6.07, 6.45) is 5.74. The SMILES string of the molecule is CCC1CCCCN1C1COCCC1O. The minimum atomic E-state index is -0.175. The molecule has 2 fully saturated rings. The predicted octanol–water partition coefficient (Wildman–Crippen LogP) is 1.40. The lowest BCUT2D eigenvalue weighted by Crippen LogP contribution is -2.55. The molecule has 3 heteroatoms. The quantitative estimate of drug-likeness (QED) is 0.752. The second-order valence-corrected chi connectivity index (χ2v) is 4.79. The minimum Gasteiger partial charge on any atom is -0.391 e. The smallest absolute Gasteiger partial charge is 0.0739 e. The van der Waals surface area contributed by atoms with Crippen LogP contribution in [-0.4, -0.2) is 48.0 Å². The highest BCUT2D eigenvalue weighted by Crippen LogP contribution is 2.25. The summed E-state index contributed by atoms with van der Waals surface area (Å²) in [5.74, 6) is 0. The lowest BCUT2D eigenvalue weighted by Gasteiger charge is -2.44. The second-order valence-electron chi connectivity index (χ2n) is 4.79. The van der Waals surface area contributed by atoms with Crippen LogP contribution < -0.4 is 0 Å². The maximum Gasteiger partial charge on any atom is 0.0739 e. The number of piperidine rings is 1. The van der Waals surface area contributed by atoms with E-state index in [2.05, 4.69) is 11.8 Å². The molecule has 0 aliphatic carbocycles. The van der Waals surface area contributed by atoms with Gasteiger partial charge < -0.3 is 9.84 Å². The number of hydrogen-bond acceptors (Lipinski definition) is 3. The molecule has 0 aromatic carbocycles. The Morgan fingerprint density at radius 1 is 1.33 bits per heavy atom. The van der Waals surface area contributed by atoms with Gasteiger partial charge in [-0.05, 0) is 32.2 Å². The van der Waals surface area contributed by atoms with Crippen LogP contribution in [0.25, 0.3) is 0 Å². The van der Waals surface area contributed by atoms with E-state index in [1.807, 2.05) is 0 Å². The van der Waals surface area contributed by atoms with Gasteiger partial charge in [0, 0.05) is 12.6 Å². The van der Waals surface area contributed by atoms with Crippen molar-refractivity contribution in [1.82, 2.24) is 4.90 Å².